The summed E-state index contributed by atoms with van der Waals surface area (Å²) in [7, 11) is 5.16. The molecule has 4 rings (SSSR count). The van der Waals surface area contributed by atoms with Gasteiger partial charge in [0, 0.05) is 22.2 Å². The van der Waals surface area contributed by atoms with Gasteiger partial charge in [0.05, 0.1) is 20.4 Å². The Morgan fingerprint density at radius 2 is 1.87 bits per heavy atom. The van der Waals surface area contributed by atoms with Gasteiger partial charge in [-0.05, 0) is 47.3 Å². The van der Waals surface area contributed by atoms with Gasteiger partial charge in [-0.25, -0.2) is 0 Å². The Bertz CT molecular complexity index is 1190. The van der Waals surface area contributed by atoms with E-state index in [1.807, 2.05) is 19.2 Å². The molecule has 2 aromatic carbocycles. The van der Waals surface area contributed by atoms with Crippen molar-refractivity contribution in [3.8, 4) is 22.6 Å². The first kappa shape index (κ1) is 21.0. The zero-order valence-corrected chi connectivity index (χ0v) is 18.5. The average Bonchev–Trinajstić information content (AvgIpc) is 3.29. The van der Waals surface area contributed by atoms with Crippen LogP contribution >= 0.6 is 11.3 Å². The van der Waals surface area contributed by atoms with E-state index in [9.17, 15) is 0 Å². The molecule has 0 aliphatic rings. The number of benzene rings is 2. The molecule has 0 aliphatic carbocycles. The maximum Gasteiger partial charge on any atom is 0.161 e. The summed E-state index contributed by atoms with van der Waals surface area (Å²) in [5, 5.41) is 18.8. The van der Waals surface area contributed by atoms with Crippen LogP contribution in [0.5, 0.6) is 11.5 Å². The molecule has 0 bridgehead atoms. The lowest BCUT2D eigenvalue weighted by atomic mass is 10.0. The Labute approximate surface area is 185 Å². The second kappa shape index (κ2) is 9.30. The standard InChI is InChI=1S/C23H25N5O2S/c1-25-11-14-6-4-5-7-17(14)16-9-21(31-13-16)22(24)27-23-18-10-20(30-3)19(29-2)8-15(18)12-26-28-23/h4-10,12-13,22,25H,11,24H2,1-3H3,(H,27,28)/t22-/m0/s1. The minimum Gasteiger partial charge on any atom is -0.493 e. The minimum absolute atomic E-state index is 0.428. The summed E-state index contributed by atoms with van der Waals surface area (Å²) >= 11 is 1.62. The van der Waals surface area contributed by atoms with E-state index in [4.69, 9.17) is 15.2 Å². The molecule has 0 saturated carbocycles. The fourth-order valence-electron chi connectivity index (χ4n) is 3.54. The monoisotopic (exact) mass is 435 g/mol. The van der Waals surface area contributed by atoms with Crippen molar-refractivity contribution in [2.24, 2.45) is 5.73 Å². The van der Waals surface area contributed by atoms with E-state index in [0.717, 1.165) is 27.8 Å². The van der Waals surface area contributed by atoms with Crippen LogP contribution < -0.4 is 25.8 Å². The number of anilines is 1. The molecule has 0 radical (unpaired) electrons. The number of hydrogen-bond acceptors (Lipinski definition) is 8. The van der Waals surface area contributed by atoms with E-state index >= 15 is 0 Å². The van der Waals surface area contributed by atoms with Crippen molar-refractivity contribution in [2.75, 3.05) is 26.6 Å². The largest absolute Gasteiger partial charge is 0.493 e. The van der Waals surface area contributed by atoms with Crippen molar-refractivity contribution in [2.45, 2.75) is 12.7 Å². The fourth-order valence-corrected chi connectivity index (χ4v) is 4.40. The highest BCUT2D eigenvalue weighted by Gasteiger charge is 2.16. The summed E-state index contributed by atoms with van der Waals surface area (Å²) in [6.07, 6.45) is 1.26. The van der Waals surface area contributed by atoms with Gasteiger partial charge in [0.2, 0.25) is 0 Å². The number of nitrogens with two attached hydrogens (primary N) is 1. The molecule has 0 fully saturated rings. The van der Waals surface area contributed by atoms with Crippen LogP contribution in [0.4, 0.5) is 5.82 Å². The Balaban J connectivity index is 1.62. The number of nitrogens with zero attached hydrogens (tertiary/aromatic N) is 2. The Morgan fingerprint density at radius 1 is 1.10 bits per heavy atom. The third-order valence-electron chi connectivity index (χ3n) is 5.08. The van der Waals surface area contributed by atoms with Gasteiger partial charge >= 0.3 is 0 Å². The van der Waals surface area contributed by atoms with Crippen LogP contribution in [0.3, 0.4) is 0 Å². The van der Waals surface area contributed by atoms with Gasteiger partial charge in [-0.3, -0.25) is 0 Å². The number of methoxy groups -OCH3 is 2. The number of aromatic nitrogens is 2. The molecule has 0 unspecified atom stereocenters. The number of hydrogen-bond donors (Lipinski definition) is 3. The number of ether oxygens (including phenoxy) is 2. The van der Waals surface area contributed by atoms with Crippen molar-refractivity contribution < 1.29 is 9.47 Å². The summed E-state index contributed by atoms with van der Waals surface area (Å²) < 4.78 is 10.8. The van der Waals surface area contributed by atoms with Gasteiger partial charge < -0.3 is 25.8 Å². The molecule has 0 spiro atoms. The quantitative estimate of drug-likeness (QED) is 0.358. The Hall–Kier alpha value is -3.20. The van der Waals surface area contributed by atoms with E-state index in [2.05, 4.69) is 56.5 Å². The van der Waals surface area contributed by atoms with Crippen molar-refractivity contribution in [1.29, 1.82) is 0 Å². The summed E-state index contributed by atoms with van der Waals surface area (Å²) in [5.41, 5.74) is 10.1. The topological polar surface area (TPSA) is 94.3 Å². The molecular weight excluding hydrogens is 410 g/mol. The number of thiophene rings is 1. The predicted octanol–water partition coefficient (Wildman–Crippen LogP) is 4.16. The Morgan fingerprint density at radius 3 is 2.65 bits per heavy atom. The SMILES string of the molecule is CNCc1ccccc1-c1csc([C@@H](N)Nc2nncc3cc(OC)c(OC)cc23)c1. The molecule has 0 aliphatic heterocycles. The first-order chi connectivity index (χ1) is 15.1. The van der Waals surface area contributed by atoms with Crippen LogP contribution in [0.25, 0.3) is 21.9 Å². The predicted molar refractivity (Wildman–Crippen MR) is 126 cm³/mol. The maximum absolute atomic E-state index is 6.50. The fraction of sp³-hybridized carbons (Fsp3) is 0.217. The molecule has 4 N–H and O–H groups in total. The summed E-state index contributed by atoms with van der Waals surface area (Å²) in [5.74, 6) is 1.86. The first-order valence-electron chi connectivity index (χ1n) is 9.85. The summed E-state index contributed by atoms with van der Waals surface area (Å²) in [6, 6.07) is 14.3. The molecule has 2 heterocycles. The van der Waals surface area contributed by atoms with E-state index < -0.39 is 6.17 Å². The van der Waals surface area contributed by atoms with E-state index in [-0.39, 0.29) is 0 Å². The van der Waals surface area contributed by atoms with Crippen LogP contribution in [0, 0.1) is 0 Å². The van der Waals surface area contributed by atoms with Crippen LogP contribution in [-0.2, 0) is 6.54 Å². The molecule has 0 saturated heterocycles. The summed E-state index contributed by atoms with van der Waals surface area (Å²) in [4.78, 5) is 1.01. The lowest BCUT2D eigenvalue weighted by molar-refractivity contribution is 0.356. The molecule has 160 valence electrons. The number of nitrogens with one attached hydrogen (secondary N) is 2. The van der Waals surface area contributed by atoms with Crippen molar-refractivity contribution in [1.82, 2.24) is 15.5 Å². The van der Waals surface area contributed by atoms with Crippen molar-refractivity contribution in [3.05, 3.63) is 64.5 Å². The van der Waals surface area contributed by atoms with Gasteiger partial charge in [-0.15, -0.1) is 16.4 Å². The van der Waals surface area contributed by atoms with E-state index in [1.165, 1.54) is 11.1 Å². The average molecular weight is 436 g/mol. The second-order valence-corrected chi connectivity index (χ2v) is 7.98. The highest BCUT2D eigenvalue weighted by Crippen LogP contribution is 2.36. The van der Waals surface area contributed by atoms with Crippen LogP contribution in [-0.4, -0.2) is 31.5 Å². The van der Waals surface area contributed by atoms with Gasteiger partial charge in [0.1, 0.15) is 6.17 Å². The second-order valence-electron chi connectivity index (χ2n) is 7.03. The zero-order chi connectivity index (χ0) is 21.8. The van der Waals surface area contributed by atoms with E-state index in [0.29, 0.717) is 17.3 Å². The first-order valence-corrected chi connectivity index (χ1v) is 10.7. The van der Waals surface area contributed by atoms with Gasteiger partial charge in [-0.1, -0.05) is 24.3 Å². The minimum atomic E-state index is -0.428. The lowest BCUT2D eigenvalue weighted by Crippen LogP contribution is -2.20. The van der Waals surface area contributed by atoms with Gasteiger partial charge in [-0.2, -0.15) is 5.10 Å². The number of rotatable bonds is 8. The third-order valence-corrected chi connectivity index (χ3v) is 6.10. The van der Waals surface area contributed by atoms with Crippen molar-refractivity contribution in [3.63, 3.8) is 0 Å². The maximum atomic E-state index is 6.50. The molecule has 8 heteroatoms. The smallest absolute Gasteiger partial charge is 0.161 e. The normalized spacial score (nSPS) is 12.0. The highest BCUT2D eigenvalue weighted by atomic mass is 32.1. The molecule has 31 heavy (non-hydrogen) atoms. The molecular formula is C23H25N5O2S. The third kappa shape index (κ3) is 4.32. The molecule has 0 amide bonds. The highest BCUT2D eigenvalue weighted by molar-refractivity contribution is 7.10. The van der Waals surface area contributed by atoms with Gasteiger partial charge in [0.25, 0.3) is 0 Å². The Kier molecular flexibility index (Phi) is 6.31. The lowest BCUT2D eigenvalue weighted by Gasteiger charge is -2.15. The van der Waals surface area contributed by atoms with Crippen LogP contribution in [0.1, 0.15) is 16.6 Å². The van der Waals surface area contributed by atoms with Gasteiger partial charge in [0.15, 0.2) is 17.3 Å². The van der Waals surface area contributed by atoms with Crippen LogP contribution in [0.15, 0.2) is 54.0 Å². The zero-order valence-electron chi connectivity index (χ0n) is 17.7. The molecule has 7 nitrogen and oxygen atoms in total. The van der Waals surface area contributed by atoms with E-state index in [1.54, 1.807) is 31.8 Å². The molecule has 1 atom stereocenters. The molecule has 4 aromatic rings. The van der Waals surface area contributed by atoms with Crippen LogP contribution in [0.2, 0.25) is 0 Å². The van der Waals surface area contributed by atoms with Crippen molar-refractivity contribution >= 4 is 27.9 Å². The number of fused-ring (bicyclic) bond motifs is 1. The summed E-state index contributed by atoms with van der Waals surface area (Å²) in [6.45, 7) is 0.808. The molecule has 2 aromatic heterocycles.